The van der Waals surface area contributed by atoms with E-state index in [1.54, 1.807) is 0 Å². The van der Waals surface area contributed by atoms with Gasteiger partial charge in [-0.15, -0.1) is 0 Å². The summed E-state index contributed by atoms with van der Waals surface area (Å²) in [6.07, 6.45) is 3.31. The Morgan fingerprint density at radius 3 is 2.94 bits per heavy atom. The highest BCUT2D eigenvalue weighted by molar-refractivity contribution is 7.22. The fourth-order valence-corrected chi connectivity index (χ4v) is 2.50. The van der Waals surface area contributed by atoms with E-state index in [0.717, 1.165) is 29.5 Å². The first-order chi connectivity index (χ1) is 8.79. The monoisotopic (exact) mass is 263 g/mol. The third-order valence-corrected chi connectivity index (χ3v) is 3.53. The molecule has 2 rings (SSSR count). The van der Waals surface area contributed by atoms with Gasteiger partial charge in [-0.2, -0.15) is 0 Å². The van der Waals surface area contributed by atoms with Crippen molar-refractivity contribution < 1.29 is 4.79 Å². The predicted octanol–water partition coefficient (Wildman–Crippen LogP) is 3.61. The molecular formula is C13H17N3OS. The number of aromatic nitrogens is 1. The van der Waals surface area contributed by atoms with Crippen molar-refractivity contribution in [2.24, 2.45) is 0 Å². The Kier molecular flexibility index (Phi) is 4.52. The smallest absolute Gasteiger partial charge is 0.321 e. The second-order valence-electron chi connectivity index (χ2n) is 4.07. The minimum absolute atomic E-state index is 0.176. The van der Waals surface area contributed by atoms with E-state index in [2.05, 4.69) is 22.5 Å². The zero-order chi connectivity index (χ0) is 12.8. The number of amides is 2. The zero-order valence-corrected chi connectivity index (χ0v) is 11.2. The highest BCUT2D eigenvalue weighted by atomic mass is 32.1. The fraction of sp³-hybridized carbons (Fsp3) is 0.385. The number of hydrogen-bond acceptors (Lipinski definition) is 3. The Morgan fingerprint density at radius 1 is 1.33 bits per heavy atom. The Hall–Kier alpha value is -1.62. The van der Waals surface area contributed by atoms with Crippen molar-refractivity contribution in [2.75, 3.05) is 11.9 Å². The van der Waals surface area contributed by atoms with Crippen molar-refractivity contribution in [1.82, 2.24) is 10.3 Å². The number of carbonyl (C=O) groups is 1. The number of urea groups is 1. The van der Waals surface area contributed by atoms with Crippen molar-refractivity contribution in [1.29, 1.82) is 0 Å². The summed E-state index contributed by atoms with van der Waals surface area (Å²) in [5.41, 5.74) is 0.920. The van der Waals surface area contributed by atoms with Crippen LogP contribution in [-0.2, 0) is 0 Å². The molecule has 2 amide bonds. The quantitative estimate of drug-likeness (QED) is 0.810. The third-order valence-electron chi connectivity index (χ3n) is 2.58. The van der Waals surface area contributed by atoms with Crippen LogP contribution in [0.15, 0.2) is 24.3 Å². The summed E-state index contributed by atoms with van der Waals surface area (Å²) in [5.74, 6) is 0. The maximum Gasteiger partial charge on any atom is 0.321 e. The number of nitrogens with zero attached hydrogens (tertiary/aromatic N) is 1. The van der Waals surface area contributed by atoms with Crippen LogP contribution in [-0.4, -0.2) is 17.6 Å². The van der Waals surface area contributed by atoms with Gasteiger partial charge in [0, 0.05) is 6.54 Å². The number of nitrogens with one attached hydrogen (secondary N) is 2. The molecule has 0 aliphatic carbocycles. The maximum atomic E-state index is 11.6. The summed E-state index contributed by atoms with van der Waals surface area (Å²) in [5, 5.41) is 6.24. The lowest BCUT2D eigenvalue weighted by Crippen LogP contribution is -2.29. The Morgan fingerprint density at radius 2 is 2.17 bits per heavy atom. The molecule has 1 aromatic carbocycles. The molecule has 2 aromatic rings. The van der Waals surface area contributed by atoms with E-state index in [1.807, 2.05) is 24.3 Å². The van der Waals surface area contributed by atoms with Crippen LogP contribution in [0.4, 0.5) is 9.93 Å². The third kappa shape index (κ3) is 3.43. The number of unbranched alkanes of at least 4 members (excludes halogenated alkanes) is 2. The van der Waals surface area contributed by atoms with Crippen LogP contribution >= 0.6 is 11.3 Å². The average Bonchev–Trinajstić information content (AvgIpc) is 2.76. The lowest BCUT2D eigenvalue weighted by molar-refractivity contribution is 0.252. The molecule has 0 radical (unpaired) electrons. The second-order valence-corrected chi connectivity index (χ2v) is 5.11. The van der Waals surface area contributed by atoms with Gasteiger partial charge in [-0.1, -0.05) is 43.2 Å². The van der Waals surface area contributed by atoms with E-state index >= 15 is 0 Å². The highest BCUT2D eigenvalue weighted by Gasteiger charge is 2.06. The van der Waals surface area contributed by atoms with E-state index in [0.29, 0.717) is 11.7 Å². The number of hydrogen-bond donors (Lipinski definition) is 2. The van der Waals surface area contributed by atoms with Gasteiger partial charge < -0.3 is 5.32 Å². The van der Waals surface area contributed by atoms with Crippen LogP contribution in [0.2, 0.25) is 0 Å². The second kappa shape index (κ2) is 6.35. The molecule has 0 bridgehead atoms. The largest absolute Gasteiger partial charge is 0.338 e. The van der Waals surface area contributed by atoms with Crippen molar-refractivity contribution in [3.05, 3.63) is 24.3 Å². The molecular weight excluding hydrogens is 246 g/mol. The SMILES string of the molecule is CCCCCNC(=O)Nc1nc2ccccc2s1. The first-order valence-electron chi connectivity index (χ1n) is 6.20. The van der Waals surface area contributed by atoms with Gasteiger partial charge in [0.1, 0.15) is 0 Å². The molecule has 0 atom stereocenters. The van der Waals surface area contributed by atoms with Gasteiger partial charge in [-0.05, 0) is 18.6 Å². The Balaban J connectivity index is 1.86. The molecule has 96 valence electrons. The summed E-state index contributed by atoms with van der Waals surface area (Å²) in [7, 11) is 0. The normalized spacial score (nSPS) is 10.5. The highest BCUT2D eigenvalue weighted by Crippen LogP contribution is 2.25. The number of para-hydroxylation sites is 1. The topological polar surface area (TPSA) is 54.0 Å². The predicted molar refractivity (Wildman–Crippen MR) is 76.2 cm³/mol. The number of thiazole rings is 1. The summed E-state index contributed by atoms with van der Waals surface area (Å²) in [6, 6.07) is 7.67. The molecule has 1 aromatic heterocycles. The molecule has 0 unspecified atom stereocenters. The Bertz CT molecular complexity index is 491. The number of fused-ring (bicyclic) bond motifs is 1. The molecule has 0 aliphatic rings. The summed E-state index contributed by atoms with van der Waals surface area (Å²) in [6.45, 7) is 2.85. The summed E-state index contributed by atoms with van der Waals surface area (Å²) < 4.78 is 1.08. The van der Waals surface area contributed by atoms with Gasteiger partial charge in [-0.25, -0.2) is 9.78 Å². The lowest BCUT2D eigenvalue weighted by Gasteiger charge is -2.04. The first kappa shape index (κ1) is 12.8. The molecule has 0 spiro atoms. The first-order valence-corrected chi connectivity index (χ1v) is 7.01. The van der Waals surface area contributed by atoms with Gasteiger partial charge in [0.15, 0.2) is 5.13 Å². The number of carbonyl (C=O) groups excluding carboxylic acids is 1. The molecule has 18 heavy (non-hydrogen) atoms. The molecule has 5 heteroatoms. The van der Waals surface area contributed by atoms with Crippen LogP contribution in [0.25, 0.3) is 10.2 Å². The standard InChI is InChI=1S/C13H17N3OS/c1-2-3-6-9-14-12(17)16-13-15-10-7-4-5-8-11(10)18-13/h4-5,7-8H,2-3,6,9H2,1H3,(H2,14,15,16,17). The van der Waals surface area contributed by atoms with Crippen molar-refractivity contribution in [2.45, 2.75) is 26.2 Å². The van der Waals surface area contributed by atoms with E-state index < -0.39 is 0 Å². The Labute approximate surface area is 110 Å². The van der Waals surface area contributed by atoms with Gasteiger partial charge in [0.2, 0.25) is 0 Å². The molecule has 0 saturated heterocycles. The van der Waals surface area contributed by atoms with Crippen LogP contribution in [0, 0.1) is 0 Å². The number of benzene rings is 1. The van der Waals surface area contributed by atoms with E-state index in [-0.39, 0.29) is 6.03 Å². The number of rotatable bonds is 5. The van der Waals surface area contributed by atoms with E-state index in [4.69, 9.17) is 0 Å². The average molecular weight is 263 g/mol. The fourth-order valence-electron chi connectivity index (χ4n) is 1.64. The molecule has 1 heterocycles. The molecule has 0 saturated carbocycles. The zero-order valence-electron chi connectivity index (χ0n) is 10.4. The van der Waals surface area contributed by atoms with Crippen molar-refractivity contribution >= 4 is 32.7 Å². The van der Waals surface area contributed by atoms with Crippen molar-refractivity contribution in [3.8, 4) is 0 Å². The van der Waals surface area contributed by atoms with Crippen LogP contribution in [0.5, 0.6) is 0 Å². The van der Waals surface area contributed by atoms with E-state index in [9.17, 15) is 4.79 Å². The van der Waals surface area contributed by atoms with Gasteiger partial charge in [0.25, 0.3) is 0 Å². The minimum atomic E-state index is -0.176. The van der Waals surface area contributed by atoms with Crippen molar-refractivity contribution in [3.63, 3.8) is 0 Å². The van der Waals surface area contributed by atoms with Crippen LogP contribution in [0.3, 0.4) is 0 Å². The van der Waals surface area contributed by atoms with Crippen LogP contribution in [0.1, 0.15) is 26.2 Å². The minimum Gasteiger partial charge on any atom is -0.338 e. The molecule has 0 fully saturated rings. The van der Waals surface area contributed by atoms with Gasteiger partial charge >= 0.3 is 6.03 Å². The molecule has 0 aliphatic heterocycles. The molecule has 2 N–H and O–H groups in total. The summed E-state index contributed by atoms with van der Waals surface area (Å²) in [4.78, 5) is 15.9. The van der Waals surface area contributed by atoms with Gasteiger partial charge in [0.05, 0.1) is 10.2 Å². The number of anilines is 1. The van der Waals surface area contributed by atoms with E-state index in [1.165, 1.54) is 11.3 Å². The lowest BCUT2D eigenvalue weighted by atomic mass is 10.2. The maximum absolute atomic E-state index is 11.6. The summed E-state index contributed by atoms with van der Waals surface area (Å²) >= 11 is 1.49. The molecule has 4 nitrogen and oxygen atoms in total. The van der Waals surface area contributed by atoms with Gasteiger partial charge in [-0.3, -0.25) is 5.32 Å². The van der Waals surface area contributed by atoms with Crippen LogP contribution < -0.4 is 10.6 Å².